The molecule has 3 aliphatic carbocycles. The monoisotopic (exact) mass is 414 g/mol. The maximum absolute atomic E-state index is 13.4. The largest absolute Gasteiger partial charge is 0.351 e. The molecule has 3 fully saturated rings. The molecule has 1 heterocycles. The van der Waals surface area contributed by atoms with Crippen molar-refractivity contribution in [3.05, 3.63) is 12.2 Å². The van der Waals surface area contributed by atoms with E-state index in [1.54, 1.807) is 0 Å². The molecule has 0 aromatic heterocycles. The van der Waals surface area contributed by atoms with Crippen LogP contribution in [0.1, 0.15) is 74.1 Å². The lowest BCUT2D eigenvalue weighted by Gasteiger charge is -2.62. The van der Waals surface area contributed by atoms with E-state index in [1.165, 1.54) is 0 Å². The van der Waals surface area contributed by atoms with E-state index in [9.17, 15) is 9.59 Å². The van der Waals surface area contributed by atoms with Gasteiger partial charge in [0.1, 0.15) is 0 Å². The van der Waals surface area contributed by atoms with Crippen LogP contribution in [-0.4, -0.2) is 35.3 Å². The Bertz CT molecular complexity index is 767. The minimum absolute atomic E-state index is 0.0517. The quantitative estimate of drug-likeness (QED) is 0.679. The van der Waals surface area contributed by atoms with Crippen molar-refractivity contribution in [2.75, 3.05) is 7.05 Å². The summed E-state index contributed by atoms with van der Waals surface area (Å²) >= 11 is 0. The number of fused-ring (bicyclic) bond motifs is 5. The van der Waals surface area contributed by atoms with E-state index in [1.807, 2.05) is 18.0 Å². The first-order chi connectivity index (χ1) is 13.8. The second-order valence-corrected chi connectivity index (χ2v) is 12.6. The van der Waals surface area contributed by atoms with Crippen molar-refractivity contribution in [2.45, 2.75) is 85.7 Å². The SMILES string of the molecule is CC1C[C@H]2N(C)C(=O)C=C[C@]2(C)[C@H]2CC[C@]3(C)[C@@H](C(=O)NC(C)(C)C)C(C)C[C@H]3[C@H]12. The first-order valence-electron chi connectivity index (χ1n) is 12.1. The van der Waals surface area contributed by atoms with Crippen LogP contribution in [0.2, 0.25) is 0 Å². The number of carbonyl (C=O) groups is 2. The Hall–Kier alpha value is -1.32. The number of nitrogens with zero attached hydrogens (tertiary/aromatic N) is 1. The zero-order chi connectivity index (χ0) is 22.2. The van der Waals surface area contributed by atoms with Crippen molar-refractivity contribution >= 4 is 11.8 Å². The van der Waals surface area contributed by atoms with Crippen molar-refractivity contribution in [1.29, 1.82) is 0 Å². The van der Waals surface area contributed by atoms with E-state index in [2.05, 4.69) is 59.9 Å². The van der Waals surface area contributed by atoms with Crippen molar-refractivity contribution in [2.24, 2.45) is 46.3 Å². The number of hydrogen-bond acceptors (Lipinski definition) is 2. The highest BCUT2D eigenvalue weighted by Crippen LogP contribution is 2.67. The molecule has 0 bridgehead atoms. The number of amides is 2. The highest BCUT2D eigenvalue weighted by Gasteiger charge is 2.64. The smallest absolute Gasteiger partial charge is 0.246 e. The van der Waals surface area contributed by atoms with Crippen LogP contribution in [0.25, 0.3) is 0 Å². The standard InChI is InChI=1S/C26H42N2O2/c1-15-14-19-25(6,12-10-20(29)28(19)8)17-9-11-26(7)18(21(15)17)13-16(2)22(26)23(30)27-24(3,4)5/h10,12,15-19,21-22H,9,11,13-14H2,1-8H3,(H,27,30)/t15?,16?,17-,18-,19+,21+,22+,25+,26-/m0/s1. The maximum atomic E-state index is 13.4. The fraction of sp³-hybridized carbons (Fsp3) is 0.846. The van der Waals surface area contributed by atoms with E-state index >= 15 is 0 Å². The van der Waals surface area contributed by atoms with Gasteiger partial charge in [-0.2, -0.15) is 0 Å². The fourth-order valence-electron chi connectivity index (χ4n) is 8.43. The summed E-state index contributed by atoms with van der Waals surface area (Å²) in [6.45, 7) is 15.8. The molecule has 168 valence electrons. The Labute approximate surface area is 183 Å². The summed E-state index contributed by atoms with van der Waals surface area (Å²) in [6.07, 6.45) is 8.56. The van der Waals surface area contributed by atoms with Gasteiger partial charge in [-0.15, -0.1) is 0 Å². The Morgan fingerprint density at radius 1 is 1.13 bits per heavy atom. The second kappa shape index (κ2) is 6.84. The molecular weight excluding hydrogens is 372 g/mol. The zero-order valence-electron chi connectivity index (χ0n) is 20.3. The third-order valence-corrected chi connectivity index (χ3v) is 9.63. The van der Waals surface area contributed by atoms with E-state index in [4.69, 9.17) is 0 Å². The number of likely N-dealkylation sites (N-methyl/N-ethyl adjacent to an activating group) is 1. The van der Waals surface area contributed by atoms with Crippen molar-refractivity contribution in [3.63, 3.8) is 0 Å². The first-order valence-corrected chi connectivity index (χ1v) is 12.1. The Balaban J connectivity index is 1.68. The first kappa shape index (κ1) is 21.9. The molecular formula is C26H42N2O2. The fourth-order valence-corrected chi connectivity index (χ4v) is 8.43. The molecule has 4 heteroatoms. The van der Waals surface area contributed by atoms with E-state index in [0.717, 1.165) is 25.7 Å². The average molecular weight is 415 g/mol. The molecule has 1 N–H and O–H groups in total. The molecule has 1 aliphatic heterocycles. The van der Waals surface area contributed by atoms with E-state index in [-0.39, 0.29) is 34.1 Å². The van der Waals surface area contributed by atoms with Crippen molar-refractivity contribution in [1.82, 2.24) is 10.2 Å². The molecule has 0 aromatic carbocycles. The molecule has 0 radical (unpaired) electrons. The van der Waals surface area contributed by atoms with Gasteiger partial charge in [0, 0.05) is 30.0 Å². The predicted octanol–water partition coefficient (Wildman–Crippen LogP) is 4.65. The third kappa shape index (κ3) is 3.07. The predicted molar refractivity (Wildman–Crippen MR) is 121 cm³/mol. The van der Waals surface area contributed by atoms with Gasteiger partial charge in [-0.3, -0.25) is 9.59 Å². The van der Waals surface area contributed by atoms with Gasteiger partial charge in [-0.05, 0) is 87.5 Å². The molecule has 0 saturated heterocycles. The number of nitrogens with one attached hydrogen (secondary N) is 1. The van der Waals surface area contributed by atoms with Gasteiger partial charge >= 0.3 is 0 Å². The van der Waals surface area contributed by atoms with Crippen molar-refractivity contribution < 1.29 is 9.59 Å². The van der Waals surface area contributed by atoms with Crippen LogP contribution in [0, 0.1) is 46.3 Å². The highest BCUT2D eigenvalue weighted by atomic mass is 16.2. The van der Waals surface area contributed by atoms with Crippen LogP contribution < -0.4 is 5.32 Å². The highest BCUT2D eigenvalue weighted by molar-refractivity contribution is 5.89. The molecule has 2 unspecified atom stereocenters. The normalized spacial score (nSPS) is 48.1. The Morgan fingerprint density at radius 2 is 1.80 bits per heavy atom. The van der Waals surface area contributed by atoms with Gasteiger partial charge < -0.3 is 10.2 Å². The van der Waals surface area contributed by atoms with E-state index in [0.29, 0.717) is 35.6 Å². The minimum atomic E-state index is -0.189. The molecule has 4 aliphatic rings. The molecule has 30 heavy (non-hydrogen) atoms. The maximum Gasteiger partial charge on any atom is 0.246 e. The van der Waals surface area contributed by atoms with Gasteiger partial charge in [-0.1, -0.05) is 33.8 Å². The molecule has 9 atom stereocenters. The van der Waals surface area contributed by atoms with Gasteiger partial charge in [0.2, 0.25) is 11.8 Å². The zero-order valence-corrected chi connectivity index (χ0v) is 20.3. The van der Waals surface area contributed by atoms with Crippen LogP contribution >= 0.6 is 0 Å². The third-order valence-electron chi connectivity index (χ3n) is 9.63. The molecule has 3 saturated carbocycles. The summed E-state index contributed by atoms with van der Waals surface area (Å²) in [5.41, 5.74) is -0.0606. The van der Waals surface area contributed by atoms with Crippen molar-refractivity contribution in [3.8, 4) is 0 Å². The lowest BCUT2D eigenvalue weighted by Crippen LogP contribution is -2.62. The molecule has 4 nitrogen and oxygen atoms in total. The number of carbonyl (C=O) groups excluding carboxylic acids is 2. The number of rotatable bonds is 1. The molecule has 4 rings (SSSR count). The number of hydrogen-bond donors (Lipinski definition) is 1. The van der Waals surface area contributed by atoms with Gasteiger partial charge in [0.15, 0.2) is 0 Å². The summed E-state index contributed by atoms with van der Waals surface area (Å²) in [5.74, 6) is 3.32. The van der Waals surface area contributed by atoms with Crippen LogP contribution in [-0.2, 0) is 9.59 Å². The Morgan fingerprint density at radius 3 is 2.43 bits per heavy atom. The summed E-state index contributed by atoms with van der Waals surface area (Å²) < 4.78 is 0. The summed E-state index contributed by atoms with van der Waals surface area (Å²) in [7, 11) is 1.99. The van der Waals surface area contributed by atoms with Crippen LogP contribution in [0.15, 0.2) is 12.2 Å². The Kier molecular flexibility index (Phi) is 4.99. The second-order valence-electron chi connectivity index (χ2n) is 12.6. The van der Waals surface area contributed by atoms with E-state index < -0.39 is 0 Å². The molecule has 2 amide bonds. The van der Waals surface area contributed by atoms with Gasteiger partial charge in [-0.25, -0.2) is 0 Å². The average Bonchev–Trinajstić information content (AvgIpc) is 2.89. The lowest BCUT2D eigenvalue weighted by molar-refractivity contribution is -0.149. The van der Waals surface area contributed by atoms with Crippen LogP contribution in [0.3, 0.4) is 0 Å². The summed E-state index contributed by atoms with van der Waals surface area (Å²) in [6, 6.07) is 0.300. The molecule has 0 spiro atoms. The minimum Gasteiger partial charge on any atom is -0.351 e. The lowest BCUT2D eigenvalue weighted by atomic mass is 9.45. The van der Waals surface area contributed by atoms with Crippen LogP contribution in [0.4, 0.5) is 0 Å². The molecule has 0 aromatic rings. The topological polar surface area (TPSA) is 49.4 Å². The summed E-state index contributed by atoms with van der Waals surface area (Å²) in [4.78, 5) is 27.7. The van der Waals surface area contributed by atoms with Gasteiger partial charge in [0.25, 0.3) is 0 Å². The van der Waals surface area contributed by atoms with Gasteiger partial charge in [0.05, 0.1) is 0 Å². The summed E-state index contributed by atoms with van der Waals surface area (Å²) in [5, 5.41) is 3.30. The van der Waals surface area contributed by atoms with Crippen LogP contribution in [0.5, 0.6) is 0 Å².